The fraction of sp³-hybridized carbons (Fsp3) is 0.381. The van der Waals surface area contributed by atoms with Crippen molar-refractivity contribution in [2.45, 2.75) is 26.7 Å². The first-order chi connectivity index (χ1) is 13.5. The minimum Gasteiger partial charge on any atom is -0.466 e. The first-order valence-corrected chi connectivity index (χ1v) is 10.2. The number of hydrogen-bond acceptors (Lipinski definition) is 6. The Hall–Kier alpha value is -2.67. The number of piperidine rings is 1. The fourth-order valence-electron chi connectivity index (χ4n) is 3.68. The van der Waals surface area contributed by atoms with E-state index in [0.29, 0.717) is 35.5 Å². The van der Waals surface area contributed by atoms with Gasteiger partial charge in [0.25, 0.3) is 5.91 Å². The second kappa shape index (κ2) is 7.39. The molecule has 0 aliphatic carbocycles. The second-order valence-electron chi connectivity index (χ2n) is 7.08. The van der Waals surface area contributed by atoms with Crippen LogP contribution in [-0.2, 0) is 9.53 Å². The van der Waals surface area contributed by atoms with Crippen molar-refractivity contribution < 1.29 is 18.7 Å². The Morgan fingerprint density at radius 1 is 1.29 bits per heavy atom. The highest BCUT2D eigenvalue weighted by Crippen LogP contribution is 2.32. The van der Waals surface area contributed by atoms with E-state index >= 15 is 0 Å². The molecule has 146 valence electrons. The van der Waals surface area contributed by atoms with E-state index in [4.69, 9.17) is 9.15 Å². The van der Waals surface area contributed by atoms with Crippen molar-refractivity contribution in [1.82, 2.24) is 4.90 Å². The van der Waals surface area contributed by atoms with E-state index in [9.17, 15) is 14.4 Å². The highest BCUT2D eigenvalue weighted by Gasteiger charge is 2.30. The van der Waals surface area contributed by atoms with E-state index in [1.54, 1.807) is 24.0 Å². The Balaban J connectivity index is 1.69. The number of aryl methyl sites for hydroxylation is 1. The van der Waals surface area contributed by atoms with E-state index in [1.807, 2.05) is 19.1 Å². The van der Waals surface area contributed by atoms with E-state index in [2.05, 4.69) is 0 Å². The average Bonchev–Trinajstić information content (AvgIpc) is 3.15. The van der Waals surface area contributed by atoms with Gasteiger partial charge in [0.05, 0.1) is 27.5 Å². The van der Waals surface area contributed by atoms with Gasteiger partial charge in [0.1, 0.15) is 5.58 Å². The predicted octanol–water partition coefficient (Wildman–Crippen LogP) is 3.73. The summed E-state index contributed by atoms with van der Waals surface area (Å²) in [5, 5.41) is 1.26. The molecule has 2 aromatic heterocycles. The number of carbonyl (C=O) groups is 2. The number of esters is 1. The highest BCUT2D eigenvalue weighted by atomic mass is 32.1. The summed E-state index contributed by atoms with van der Waals surface area (Å²) in [5.41, 5.74) is 1.13. The lowest BCUT2D eigenvalue weighted by molar-refractivity contribution is -0.149. The number of hydrogen-bond donors (Lipinski definition) is 0. The number of amides is 1. The molecule has 3 heterocycles. The van der Waals surface area contributed by atoms with Gasteiger partial charge in [0, 0.05) is 18.5 Å². The van der Waals surface area contributed by atoms with Crippen LogP contribution in [-0.4, -0.2) is 36.5 Å². The smallest absolute Gasteiger partial charge is 0.345 e. The summed E-state index contributed by atoms with van der Waals surface area (Å²) in [6.45, 7) is 5.03. The molecule has 3 aromatic rings. The lowest BCUT2D eigenvalue weighted by Gasteiger charge is -2.31. The molecule has 1 saturated heterocycles. The Labute approximate surface area is 165 Å². The summed E-state index contributed by atoms with van der Waals surface area (Å²) in [7, 11) is 0. The quantitative estimate of drug-likeness (QED) is 0.495. The summed E-state index contributed by atoms with van der Waals surface area (Å²) in [6.07, 6.45) is 1.48. The zero-order valence-corrected chi connectivity index (χ0v) is 16.6. The molecule has 6 nitrogen and oxygen atoms in total. The van der Waals surface area contributed by atoms with Crippen LogP contribution in [0.5, 0.6) is 0 Å². The van der Waals surface area contributed by atoms with Gasteiger partial charge in [0.2, 0.25) is 0 Å². The van der Waals surface area contributed by atoms with Crippen molar-refractivity contribution >= 4 is 44.3 Å². The maximum absolute atomic E-state index is 13.1. The zero-order chi connectivity index (χ0) is 19.8. The minimum absolute atomic E-state index is 0.157. The molecule has 1 aliphatic heterocycles. The molecule has 1 aromatic carbocycles. The van der Waals surface area contributed by atoms with Crippen molar-refractivity contribution in [3.8, 4) is 0 Å². The van der Waals surface area contributed by atoms with Crippen molar-refractivity contribution in [1.29, 1.82) is 0 Å². The molecule has 1 atom stereocenters. The van der Waals surface area contributed by atoms with Gasteiger partial charge in [0.15, 0.2) is 0 Å². The number of rotatable bonds is 3. The first-order valence-electron chi connectivity index (χ1n) is 9.41. The number of fused-ring (bicyclic) bond motifs is 3. The van der Waals surface area contributed by atoms with Crippen LogP contribution in [0.1, 0.15) is 35.0 Å². The largest absolute Gasteiger partial charge is 0.466 e. The van der Waals surface area contributed by atoms with Crippen molar-refractivity contribution in [3.63, 3.8) is 0 Å². The minimum atomic E-state index is -0.440. The van der Waals surface area contributed by atoms with Gasteiger partial charge in [-0.3, -0.25) is 9.59 Å². The highest BCUT2D eigenvalue weighted by molar-refractivity contribution is 7.21. The molecule has 1 fully saturated rings. The third-order valence-electron chi connectivity index (χ3n) is 5.07. The maximum atomic E-state index is 13.1. The van der Waals surface area contributed by atoms with Crippen LogP contribution in [0.2, 0.25) is 0 Å². The van der Waals surface area contributed by atoms with Crippen molar-refractivity contribution in [2.75, 3.05) is 19.7 Å². The van der Waals surface area contributed by atoms with E-state index < -0.39 is 5.63 Å². The molecule has 4 rings (SSSR count). The van der Waals surface area contributed by atoms with Gasteiger partial charge in [-0.2, -0.15) is 0 Å². The van der Waals surface area contributed by atoms with Gasteiger partial charge in [-0.25, -0.2) is 4.79 Å². The van der Waals surface area contributed by atoms with Gasteiger partial charge in [-0.15, -0.1) is 11.3 Å². The van der Waals surface area contributed by atoms with Crippen LogP contribution < -0.4 is 5.63 Å². The van der Waals surface area contributed by atoms with Gasteiger partial charge in [-0.1, -0.05) is 11.6 Å². The molecule has 0 bridgehead atoms. The van der Waals surface area contributed by atoms with Crippen LogP contribution in [0, 0.1) is 12.8 Å². The van der Waals surface area contributed by atoms with Crippen molar-refractivity contribution in [3.05, 3.63) is 45.1 Å². The van der Waals surface area contributed by atoms with Crippen LogP contribution in [0.15, 0.2) is 33.5 Å². The molecule has 0 spiro atoms. The van der Waals surface area contributed by atoms with Crippen LogP contribution in [0.4, 0.5) is 0 Å². The van der Waals surface area contributed by atoms with Crippen LogP contribution in [0.25, 0.3) is 21.1 Å². The summed E-state index contributed by atoms with van der Waals surface area (Å²) in [6, 6.07) is 7.24. The number of likely N-dealkylation sites (tertiary alicyclic amines) is 1. The Morgan fingerprint density at radius 2 is 2.11 bits per heavy atom. The fourth-order valence-corrected chi connectivity index (χ4v) is 4.82. The monoisotopic (exact) mass is 399 g/mol. The van der Waals surface area contributed by atoms with Gasteiger partial charge in [-0.05, 0) is 44.9 Å². The summed E-state index contributed by atoms with van der Waals surface area (Å²) in [5.74, 6) is -0.700. The Morgan fingerprint density at radius 3 is 2.89 bits per heavy atom. The Bertz CT molecular complexity index is 1130. The van der Waals surface area contributed by atoms with Gasteiger partial charge < -0.3 is 14.1 Å². The third kappa shape index (κ3) is 3.30. The van der Waals surface area contributed by atoms with Crippen LogP contribution >= 0.6 is 11.3 Å². The molecular formula is C21H21NO5S. The van der Waals surface area contributed by atoms with E-state index in [-0.39, 0.29) is 17.8 Å². The van der Waals surface area contributed by atoms with Gasteiger partial charge >= 0.3 is 11.6 Å². The van der Waals surface area contributed by atoms with Crippen molar-refractivity contribution in [2.24, 2.45) is 5.92 Å². The molecule has 7 heteroatoms. The van der Waals surface area contributed by atoms with E-state index in [0.717, 1.165) is 28.5 Å². The lowest BCUT2D eigenvalue weighted by atomic mass is 9.98. The molecule has 0 N–H and O–H groups in total. The maximum Gasteiger partial charge on any atom is 0.345 e. The normalized spacial score (nSPS) is 17.2. The van der Waals surface area contributed by atoms with Crippen LogP contribution in [0.3, 0.4) is 0 Å². The number of benzene rings is 1. The second-order valence-corrected chi connectivity index (χ2v) is 8.14. The number of carbonyl (C=O) groups excluding carboxylic acids is 2. The first kappa shape index (κ1) is 18.7. The summed E-state index contributed by atoms with van der Waals surface area (Å²) >= 11 is 1.30. The standard InChI is InChI=1S/C21H21NO5S/c1-3-26-20(24)13-5-4-8-22(11-13)19(23)17-10-15-18(28-17)14-9-12(2)6-7-16(14)27-21(15)25/h6-7,9-10,13H,3-5,8,11H2,1-2H3/t13-/m1/s1. The van der Waals surface area contributed by atoms with E-state index in [1.165, 1.54) is 11.3 Å². The average molecular weight is 399 g/mol. The zero-order valence-electron chi connectivity index (χ0n) is 15.8. The summed E-state index contributed by atoms with van der Waals surface area (Å²) < 4.78 is 11.3. The SMILES string of the molecule is CCOC(=O)[C@@H]1CCCN(C(=O)c2cc3c(=O)oc4ccc(C)cc4c3s2)C1. The number of thiophene rings is 1. The molecule has 0 saturated carbocycles. The predicted molar refractivity (Wildman–Crippen MR) is 108 cm³/mol. The number of nitrogens with zero attached hydrogens (tertiary/aromatic N) is 1. The molecule has 0 unspecified atom stereocenters. The molecule has 1 amide bonds. The summed E-state index contributed by atoms with van der Waals surface area (Å²) in [4.78, 5) is 39.6. The molecular weight excluding hydrogens is 378 g/mol. The lowest BCUT2D eigenvalue weighted by Crippen LogP contribution is -2.42. The molecule has 0 radical (unpaired) electrons. The topological polar surface area (TPSA) is 76.8 Å². The Kier molecular flexibility index (Phi) is 4.93. The number of ether oxygens (including phenoxy) is 1. The third-order valence-corrected chi connectivity index (χ3v) is 6.23. The molecule has 28 heavy (non-hydrogen) atoms. The molecule has 1 aliphatic rings.